The largest absolute Gasteiger partial charge is 0.497 e. The standard InChI is InChI=1S/C19H18N2O3S2/c1-23-15-8-14(9-16(10-15)24-2)20-18(22)12-26-19-21-17(11-25-19)13-6-4-3-5-7-13/h3-11H,12H2,1-2H3,(H,20,22). The lowest BCUT2D eigenvalue weighted by atomic mass is 10.2. The van der Waals surface area contributed by atoms with Crippen LogP contribution in [0.3, 0.4) is 0 Å². The summed E-state index contributed by atoms with van der Waals surface area (Å²) < 4.78 is 11.3. The number of nitrogens with zero attached hydrogens (tertiary/aromatic N) is 1. The number of hydrogen-bond acceptors (Lipinski definition) is 6. The fourth-order valence-corrected chi connectivity index (χ4v) is 3.90. The van der Waals surface area contributed by atoms with Crippen LogP contribution in [0.4, 0.5) is 5.69 Å². The van der Waals surface area contributed by atoms with Gasteiger partial charge in [0, 0.05) is 34.8 Å². The van der Waals surface area contributed by atoms with Crippen LogP contribution in [0.1, 0.15) is 0 Å². The van der Waals surface area contributed by atoms with Crippen LogP contribution in [0.5, 0.6) is 11.5 Å². The molecule has 2 aromatic carbocycles. The molecule has 1 heterocycles. The Hall–Kier alpha value is -2.51. The first-order valence-corrected chi connectivity index (χ1v) is 9.71. The molecule has 0 fully saturated rings. The highest BCUT2D eigenvalue weighted by Crippen LogP contribution is 2.29. The molecule has 3 aromatic rings. The molecule has 1 aromatic heterocycles. The van der Waals surface area contributed by atoms with Gasteiger partial charge >= 0.3 is 0 Å². The first kappa shape index (κ1) is 18.3. The summed E-state index contributed by atoms with van der Waals surface area (Å²) in [5.41, 5.74) is 2.63. The van der Waals surface area contributed by atoms with Crippen molar-refractivity contribution in [3.8, 4) is 22.8 Å². The van der Waals surface area contributed by atoms with Crippen LogP contribution in [0, 0.1) is 0 Å². The average molecular weight is 386 g/mol. The van der Waals surface area contributed by atoms with Gasteiger partial charge in [0.1, 0.15) is 11.5 Å². The number of thioether (sulfide) groups is 1. The number of benzene rings is 2. The van der Waals surface area contributed by atoms with Crippen molar-refractivity contribution in [3.63, 3.8) is 0 Å². The van der Waals surface area contributed by atoms with Gasteiger partial charge < -0.3 is 14.8 Å². The number of anilines is 1. The van der Waals surface area contributed by atoms with Gasteiger partial charge in [-0.1, -0.05) is 42.1 Å². The molecular weight excluding hydrogens is 368 g/mol. The smallest absolute Gasteiger partial charge is 0.234 e. The third-order valence-electron chi connectivity index (χ3n) is 3.51. The van der Waals surface area contributed by atoms with Gasteiger partial charge in [-0.05, 0) is 0 Å². The number of carbonyl (C=O) groups excluding carboxylic acids is 1. The van der Waals surface area contributed by atoms with Crippen LogP contribution in [0.2, 0.25) is 0 Å². The number of ether oxygens (including phenoxy) is 2. The predicted molar refractivity (Wildman–Crippen MR) is 106 cm³/mol. The molecule has 0 aliphatic heterocycles. The third-order valence-corrected chi connectivity index (χ3v) is 5.54. The van der Waals surface area contributed by atoms with Gasteiger partial charge in [0.2, 0.25) is 5.91 Å². The molecule has 3 rings (SSSR count). The van der Waals surface area contributed by atoms with E-state index in [2.05, 4.69) is 10.3 Å². The molecule has 0 unspecified atom stereocenters. The minimum atomic E-state index is -0.109. The molecule has 0 saturated carbocycles. The van der Waals surface area contributed by atoms with E-state index in [9.17, 15) is 4.79 Å². The zero-order valence-electron chi connectivity index (χ0n) is 14.4. The minimum absolute atomic E-state index is 0.109. The van der Waals surface area contributed by atoms with Crippen molar-refractivity contribution in [1.82, 2.24) is 4.98 Å². The van der Waals surface area contributed by atoms with Crippen molar-refractivity contribution in [3.05, 3.63) is 53.9 Å². The van der Waals surface area contributed by atoms with Gasteiger partial charge in [-0.25, -0.2) is 4.98 Å². The molecule has 1 amide bonds. The Morgan fingerprint density at radius 1 is 1.12 bits per heavy atom. The average Bonchev–Trinajstić information content (AvgIpc) is 3.16. The molecule has 0 aliphatic rings. The number of hydrogen-bond donors (Lipinski definition) is 1. The van der Waals surface area contributed by atoms with E-state index in [1.165, 1.54) is 23.1 Å². The van der Waals surface area contributed by atoms with Crippen LogP contribution in [0.25, 0.3) is 11.3 Å². The topological polar surface area (TPSA) is 60.5 Å². The summed E-state index contributed by atoms with van der Waals surface area (Å²) in [6.07, 6.45) is 0. The van der Waals surface area contributed by atoms with Gasteiger partial charge in [-0.15, -0.1) is 11.3 Å². The van der Waals surface area contributed by atoms with Crippen LogP contribution < -0.4 is 14.8 Å². The van der Waals surface area contributed by atoms with Crippen molar-refractivity contribution in [2.24, 2.45) is 0 Å². The molecule has 0 bridgehead atoms. The van der Waals surface area contributed by atoms with Crippen molar-refractivity contribution < 1.29 is 14.3 Å². The molecule has 7 heteroatoms. The molecule has 0 spiro atoms. The van der Waals surface area contributed by atoms with E-state index in [0.29, 0.717) is 17.2 Å². The van der Waals surface area contributed by atoms with Crippen molar-refractivity contribution in [2.75, 3.05) is 25.3 Å². The van der Waals surface area contributed by atoms with Gasteiger partial charge in [0.15, 0.2) is 4.34 Å². The summed E-state index contributed by atoms with van der Waals surface area (Å²) in [6, 6.07) is 15.2. The van der Waals surface area contributed by atoms with E-state index < -0.39 is 0 Å². The Morgan fingerprint density at radius 2 is 1.81 bits per heavy atom. The van der Waals surface area contributed by atoms with E-state index in [1.807, 2.05) is 35.7 Å². The molecule has 1 N–H and O–H groups in total. The van der Waals surface area contributed by atoms with Crippen molar-refractivity contribution in [2.45, 2.75) is 4.34 Å². The second-order valence-corrected chi connectivity index (χ2v) is 7.38. The van der Waals surface area contributed by atoms with Gasteiger partial charge in [0.05, 0.1) is 25.7 Å². The number of amides is 1. The van der Waals surface area contributed by atoms with Gasteiger partial charge in [-0.2, -0.15) is 0 Å². The van der Waals surface area contributed by atoms with Crippen molar-refractivity contribution in [1.29, 1.82) is 0 Å². The summed E-state index contributed by atoms with van der Waals surface area (Å²) >= 11 is 2.95. The Bertz CT molecular complexity index is 859. The fourth-order valence-electron chi connectivity index (χ4n) is 2.27. The minimum Gasteiger partial charge on any atom is -0.497 e. The highest BCUT2D eigenvalue weighted by atomic mass is 32.2. The Morgan fingerprint density at radius 3 is 2.46 bits per heavy atom. The van der Waals surface area contributed by atoms with E-state index in [0.717, 1.165) is 15.6 Å². The highest BCUT2D eigenvalue weighted by molar-refractivity contribution is 8.01. The normalized spacial score (nSPS) is 10.4. The Kier molecular flexibility index (Phi) is 6.14. The molecule has 0 aliphatic carbocycles. The maximum absolute atomic E-state index is 12.2. The van der Waals surface area contributed by atoms with Gasteiger partial charge in [0.25, 0.3) is 0 Å². The number of nitrogens with one attached hydrogen (secondary N) is 1. The SMILES string of the molecule is COc1cc(NC(=O)CSc2nc(-c3ccccc3)cs2)cc(OC)c1. The second-order valence-electron chi connectivity index (χ2n) is 5.30. The summed E-state index contributed by atoms with van der Waals surface area (Å²) in [5, 5.41) is 4.86. The summed E-state index contributed by atoms with van der Waals surface area (Å²) in [4.78, 5) is 16.8. The molecule has 0 saturated heterocycles. The fraction of sp³-hybridized carbons (Fsp3) is 0.158. The van der Waals surface area contributed by atoms with Crippen LogP contribution in [-0.2, 0) is 4.79 Å². The zero-order valence-corrected chi connectivity index (χ0v) is 16.0. The molecule has 5 nitrogen and oxygen atoms in total. The van der Waals surface area contributed by atoms with E-state index >= 15 is 0 Å². The molecule has 26 heavy (non-hydrogen) atoms. The summed E-state index contributed by atoms with van der Waals surface area (Å²) in [5.74, 6) is 1.42. The van der Waals surface area contributed by atoms with E-state index in [1.54, 1.807) is 32.4 Å². The number of aromatic nitrogens is 1. The number of thiazole rings is 1. The molecule has 134 valence electrons. The second kappa shape index (κ2) is 8.73. The molecular formula is C19H18N2O3S2. The third kappa shape index (κ3) is 4.77. The number of carbonyl (C=O) groups is 1. The Labute approximate surface area is 160 Å². The van der Waals surface area contributed by atoms with E-state index in [-0.39, 0.29) is 11.7 Å². The van der Waals surface area contributed by atoms with Gasteiger partial charge in [-0.3, -0.25) is 4.79 Å². The van der Waals surface area contributed by atoms with E-state index in [4.69, 9.17) is 9.47 Å². The highest BCUT2D eigenvalue weighted by Gasteiger charge is 2.10. The monoisotopic (exact) mass is 386 g/mol. The maximum Gasteiger partial charge on any atom is 0.234 e. The number of methoxy groups -OCH3 is 2. The lowest BCUT2D eigenvalue weighted by Crippen LogP contribution is -2.14. The Balaban J connectivity index is 1.59. The van der Waals surface area contributed by atoms with Crippen LogP contribution in [-0.4, -0.2) is 30.9 Å². The molecule has 0 radical (unpaired) electrons. The summed E-state index contributed by atoms with van der Waals surface area (Å²) in [7, 11) is 3.14. The first-order valence-electron chi connectivity index (χ1n) is 7.84. The molecule has 0 atom stereocenters. The lowest BCUT2D eigenvalue weighted by Gasteiger charge is -2.09. The van der Waals surface area contributed by atoms with Crippen LogP contribution in [0.15, 0.2) is 58.3 Å². The number of rotatable bonds is 7. The van der Waals surface area contributed by atoms with Crippen LogP contribution >= 0.6 is 23.1 Å². The maximum atomic E-state index is 12.2. The van der Waals surface area contributed by atoms with Crippen molar-refractivity contribution >= 4 is 34.7 Å². The predicted octanol–water partition coefficient (Wildman–Crippen LogP) is 4.56. The summed E-state index contributed by atoms with van der Waals surface area (Å²) in [6.45, 7) is 0. The first-order chi connectivity index (χ1) is 12.7. The zero-order chi connectivity index (χ0) is 18.4. The lowest BCUT2D eigenvalue weighted by molar-refractivity contribution is -0.113. The quantitative estimate of drug-likeness (QED) is 0.603.